The van der Waals surface area contributed by atoms with Gasteiger partial charge in [-0.05, 0) is 56.8 Å². The fraction of sp³-hybridized carbons (Fsp3) is 0.933. The van der Waals surface area contributed by atoms with E-state index in [4.69, 9.17) is 4.74 Å². The highest BCUT2D eigenvalue weighted by atomic mass is 16.5. The first-order valence-corrected chi connectivity index (χ1v) is 6.93. The molecule has 0 N–H and O–H groups in total. The van der Waals surface area contributed by atoms with Crippen LogP contribution in [0.2, 0.25) is 0 Å². The summed E-state index contributed by atoms with van der Waals surface area (Å²) >= 11 is 0. The Labute approximate surface area is 105 Å². The molecule has 2 aliphatic carbocycles. The van der Waals surface area contributed by atoms with Crippen LogP contribution in [0, 0.1) is 22.7 Å². The van der Waals surface area contributed by atoms with E-state index >= 15 is 0 Å². The predicted molar refractivity (Wildman–Crippen MR) is 68.6 cm³/mol. The van der Waals surface area contributed by atoms with E-state index in [9.17, 15) is 4.79 Å². The van der Waals surface area contributed by atoms with Gasteiger partial charge in [-0.15, -0.1) is 0 Å². The molecule has 0 aliphatic heterocycles. The first kappa shape index (κ1) is 12.9. The molecule has 0 spiro atoms. The second-order valence-electron chi connectivity index (χ2n) is 7.49. The number of carbonyl (C=O) groups excluding carboxylic acids is 1. The molecule has 0 aromatic rings. The summed E-state index contributed by atoms with van der Waals surface area (Å²) in [4.78, 5) is 12.3. The molecule has 17 heavy (non-hydrogen) atoms. The Morgan fingerprint density at radius 2 is 1.71 bits per heavy atom. The lowest BCUT2D eigenvalue weighted by molar-refractivity contribution is -0.168. The van der Waals surface area contributed by atoms with Gasteiger partial charge in [0, 0.05) is 0 Å². The smallest absolute Gasteiger partial charge is 0.312 e. The summed E-state index contributed by atoms with van der Waals surface area (Å²) in [5, 5.41) is 0. The zero-order valence-corrected chi connectivity index (χ0v) is 11.9. The second kappa shape index (κ2) is 4.00. The van der Waals surface area contributed by atoms with Crippen molar-refractivity contribution in [1.29, 1.82) is 0 Å². The van der Waals surface area contributed by atoms with Crippen LogP contribution in [0.25, 0.3) is 0 Å². The highest BCUT2D eigenvalue weighted by Gasteiger charge is 2.46. The largest absolute Gasteiger partial charge is 0.462 e. The van der Waals surface area contributed by atoms with Crippen LogP contribution in [-0.4, -0.2) is 12.1 Å². The molecule has 2 rings (SSSR count). The maximum absolute atomic E-state index is 12.3. The predicted octanol–water partition coefficient (Wildman–Crippen LogP) is 3.79. The number of fused-ring (bicyclic) bond motifs is 2. The molecule has 2 nitrogen and oxygen atoms in total. The summed E-state index contributed by atoms with van der Waals surface area (Å²) in [7, 11) is 0. The van der Waals surface area contributed by atoms with Crippen molar-refractivity contribution in [3.05, 3.63) is 0 Å². The van der Waals surface area contributed by atoms with Gasteiger partial charge in [0.05, 0.1) is 5.41 Å². The van der Waals surface area contributed by atoms with Gasteiger partial charge in [-0.2, -0.15) is 0 Å². The molecule has 98 valence electrons. The molecule has 0 radical (unpaired) electrons. The van der Waals surface area contributed by atoms with Crippen molar-refractivity contribution in [3.63, 3.8) is 0 Å². The summed E-state index contributed by atoms with van der Waals surface area (Å²) in [5.41, 5.74) is -0.462. The summed E-state index contributed by atoms with van der Waals surface area (Å²) < 4.78 is 5.80. The van der Waals surface area contributed by atoms with E-state index in [0.717, 1.165) is 12.3 Å². The molecule has 2 fully saturated rings. The zero-order chi connectivity index (χ0) is 12.8. The third kappa shape index (κ3) is 2.23. The fourth-order valence-corrected chi connectivity index (χ4v) is 2.92. The minimum Gasteiger partial charge on any atom is -0.462 e. The molecular formula is C15H26O2. The third-order valence-electron chi connectivity index (χ3n) is 5.32. The van der Waals surface area contributed by atoms with Gasteiger partial charge in [0.1, 0.15) is 6.10 Å². The molecule has 0 saturated heterocycles. The van der Waals surface area contributed by atoms with Gasteiger partial charge in [0.15, 0.2) is 0 Å². The average Bonchev–Trinajstić information content (AvgIpc) is 2.76. The summed E-state index contributed by atoms with van der Waals surface area (Å²) in [5.74, 6) is 1.47. The minimum atomic E-state index is -0.408. The summed E-state index contributed by atoms with van der Waals surface area (Å²) in [6, 6.07) is 0. The van der Waals surface area contributed by atoms with E-state index in [0.29, 0.717) is 5.92 Å². The van der Waals surface area contributed by atoms with Crippen molar-refractivity contribution in [2.75, 3.05) is 0 Å². The minimum absolute atomic E-state index is 0.0115. The monoisotopic (exact) mass is 238 g/mol. The van der Waals surface area contributed by atoms with E-state index in [1.165, 1.54) is 19.3 Å². The van der Waals surface area contributed by atoms with Crippen LogP contribution in [0.5, 0.6) is 0 Å². The summed E-state index contributed by atoms with van der Waals surface area (Å²) in [6.45, 7) is 10.3. The van der Waals surface area contributed by atoms with Crippen molar-refractivity contribution >= 4 is 5.97 Å². The van der Waals surface area contributed by atoms with Gasteiger partial charge in [-0.25, -0.2) is 0 Å². The topological polar surface area (TPSA) is 26.3 Å². The van der Waals surface area contributed by atoms with Crippen LogP contribution < -0.4 is 0 Å². The second-order valence-corrected chi connectivity index (χ2v) is 7.49. The molecular weight excluding hydrogens is 212 g/mol. The number of hydrogen-bond donors (Lipinski definition) is 0. The van der Waals surface area contributed by atoms with Crippen molar-refractivity contribution in [3.8, 4) is 0 Å². The Morgan fingerprint density at radius 3 is 2.12 bits per heavy atom. The van der Waals surface area contributed by atoms with Gasteiger partial charge < -0.3 is 4.74 Å². The zero-order valence-electron chi connectivity index (χ0n) is 11.9. The molecule has 0 amide bonds. The van der Waals surface area contributed by atoms with Crippen LogP contribution in [0.3, 0.4) is 0 Å². The molecule has 2 bridgehead atoms. The van der Waals surface area contributed by atoms with Crippen LogP contribution >= 0.6 is 0 Å². The Morgan fingerprint density at radius 1 is 1.06 bits per heavy atom. The van der Waals surface area contributed by atoms with Gasteiger partial charge in [-0.3, -0.25) is 4.79 Å². The number of rotatable bonds is 2. The van der Waals surface area contributed by atoms with Gasteiger partial charge in [-0.1, -0.05) is 20.8 Å². The number of esters is 1. The van der Waals surface area contributed by atoms with Crippen LogP contribution in [0.4, 0.5) is 0 Å². The lowest BCUT2D eigenvalue weighted by Gasteiger charge is -2.37. The Balaban J connectivity index is 1.98. The molecule has 0 aromatic carbocycles. The Kier molecular flexibility index (Phi) is 3.04. The SMILES string of the molecule is CC(C)(C)C(C)(C)C(=O)OC1CC2CCC1C2. The number of ether oxygens (including phenoxy) is 1. The molecule has 2 saturated carbocycles. The molecule has 2 aliphatic rings. The van der Waals surface area contributed by atoms with E-state index in [1.54, 1.807) is 0 Å². The Bertz CT molecular complexity index is 311. The van der Waals surface area contributed by atoms with E-state index in [-0.39, 0.29) is 17.5 Å². The highest BCUT2D eigenvalue weighted by Crippen LogP contribution is 2.47. The Hall–Kier alpha value is -0.530. The molecule has 0 heterocycles. The fourth-order valence-electron chi connectivity index (χ4n) is 2.92. The maximum Gasteiger partial charge on any atom is 0.312 e. The van der Waals surface area contributed by atoms with Gasteiger partial charge >= 0.3 is 5.97 Å². The van der Waals surface area contributed by atoms with Crippen LogP contribution in [0.15, 0.2) is 0 Å². The lowest BCUT2D eigenvalue weighted by atomic mass is 9.69. The van der Waals surface area contributed by atoms with Crippen molar-refractivity contribution in [1.82, 2.24) is 0 Å². The number of hydrogen-bond acceptors (Lipinski definition) is 2. The average molecular weight is 238 g/mol. The quantitative estimate of drug-likeness (QED) is 0.684. The lowest BCUT2D eigenvalue weighted by Crippen LogP contribution is -2.41. The van der Waals surface area contributed by atoms with E-state index in [1.807, 2.05) is 13.8 Å². The maximum atomic E-state index is 12.3. The highest BCUT2D eigenvalue weighted by molar-refractivity contribution is 5.77. The first-order chi connectivity index (χ1) is 7.72. The first-order valence-electron chi connectivity index (χ1n) is 6.93. The van der Waals surface area contributed by atoms with Crippen molar-refractivity contribution in [2.24, 2.45) is 22.7 Å². The van der Waals surface area contributed by atoms with Gasteiger partial charge in [0.25, 0.3) is 0 Å². The molecule has 0 aromatic heterocycles. The van der Waals surface area contributed by atoms with Crippen LogP contribution in [0.1, 0.15) is 60.3 Å². The molecule has 3 atom stereocenters. The normalized spacial score (nSPS) is 32.9. The van der Waals surface area contributed by atoms with Gasteiger partial charge in [0.2, 0.25) is 0 Å². The number of carbonyl (C=O) groups is 1. The molecule has 3 unspecified atom stereocenters. The third-order valence-corrected chi connectivity index (χ3v) is 5.32. The molecule has 2 heteroatoms. The standard InChI is InChI=1S/C15H26O2/c1-14(2,3)15(4,5)13(16)17-12-9-10-6-7-11(12)8-10/h10-12H,6-9H2,1-5H3. The summed E-state index contributed by atoms with van der Waals surface area (Å²) in [6.07, 6.45) is 5.22. The van der Waals surface area contributed by atoms with E-state index in [2.05, 4.69) is 20.8 Å². The van der Waals surface area contributed by atoms with Crippen molar-refractivity contribution in [2.45, 2.75) is 66.4 Å². The van der Waals surface area contributed by atoms with E-state index < -0.39 is 5.41 Å². The van der Waals surface area contributed by atoms with Crippen molar-refractivity contribution < 1.29 is 9.53 Å². The van der Waals surface area contributed by atoms with Crippen LogP contribution in [-0.2, 0) is 9.53 Å².